The number of Topliss-reactive ketones (excluding diaryl/α,β-unsaturated/α-hetero) is 1. The normalized spacial score (nSPS) is 17.1. The summed E-state index contributed by atoms with van der Waals surface area (Å²) in [4.78, 5) is 11.7. The molecule has 1 aliphatic rings. The minimum atomic E-state index is -3.35. The van der Waals surface area contributed by atoms with Gasteiger partial charge in [-0.3, -0.25) is 4.79 Å². The maximum Gasteiger partial charge on any atom is 0.177 e. The summed E-state index contributed by atoms with van der Waals surface area (Å²) in [5.74, 6) is -0.0943. The summed E-state index contributed by atoms with van der Waals surface area (Å²) < 4.78 is 29.2. The molecule has 6 heteroatoms. The maximum absolute atomic E-state index is 11.9. The van der Waals surface area contributed by atoms with Crippen molar-refractivity contribution in [2.75, 3.05) is 25.2 Å². The fourth-order valence-electron chi connectivity index (χ4n) is 2.49. The van der Waals surface area contributed by atoms with Gasteiger partial charge in [0.05, 0.1) is 16.2 Å². The van der Waals surface area contributed by atoms with Crippen molar-refractivity contribution < 1.29 is 17.9 Å². The molecule has 2 rings (SSSR count). The number of sulfone groups is 1. The van der Waals surface area contributed by atoms with E-state index >= 15 is 0 Å². The van der Waals surface area contributed by atoms with Crippen molar-refractivity contribution in [2.45, 2.75) is 36.7 Å². The molecule has 0 aromatic heterocycles. The maximum atomic E-state index is 11.9. The van der Waals surface area contributed by atoms with Crippen molar-refractivity contribution in [3.63, 3.8) is 0 Å². The molecule has 1 N–H and O–H groups in total. The van der Waals surface area contributed by atoms with Gasteiger partial charge in [-0.1, -0.05) is 0 Å². The zero-order valence-electron chi connectivity index (χ0n) is 12.6. The third kappa shape index (κ3) is 3.44. The Morgan fingerprint density at radius 2 is 2.05 bits per heavy atom. The van der Waals surface area contributed by atoms with E-state index in [1.807, 2.05) is 0 Å². The third-order valence-corrected chi connectivity index (χ3v) is 5.24. The van der Waals surface area contributed by atoms with Crippen LogP contribution in [0.5, 0.6) is 0 Å². The Labute approximate surface area is 125 Å². The molecule has 1 aromatic carbocycles. The molecule has 5 nitrogen and oxygen atoms in total. The monoisotopic (exact) mass is 311 g/mol. The minimum absolute atomic E-state index is 0.0943. The van der Waals surface area contributed by atoms with Crippen LogP contribution in [0.1, 0.15) is 36.5 Å². The fraction of sp³-hybridized carbons (Fsp3) is 0.533. The lowest BCUT2D eigenvalue weighted by Gasteiger charge is -2.40. The number of rotatable bonds is 6. The lowest BCUT2D eigenvalue weighted by atomic mass is 9.80. The smallest absolute Gasteiger partial charge is 0.177 e. The first kappa shape index (κ1) is 16.0. The second-order valence-corrected chi connectivity index (χ2v) is 7.62. The molecule has 1 aliphatic carbocycles. The van der Waals surface area contributed by atoms with Crippen molar-refractivity contribution >= 4 is 21.3 Å². The topological polar surface area (TPSA) is 72.5 Å². The molecular weight excluding hydrogens is 290 g/mol. The summed E-state index contributed by atoms with van der Waals surface area (Å²) in [6, 6.07) is 4.62. The van der Waals surface area contributed by atoms with Crippen LogP contribution in [0.3, 0.4) is 0 Å². The minimum Gasteiger partial charge on any atom is -0.381 e. The van der Waals surface area contributed by atoms with Crippen LogP contribution in [0.15, 0.2) is 23.1 Å². The number of carbonyl (C=O) groups excluding carboxylic acids is 1. The molecule has 0 atom stereocenters. The SMILES string of the molecule is COC1(CNc2cc(C(C)=O)ccc2S(C)(=O)=O)CCC1. The first-order valence-corrected chi connectivity index (χ1v) is 8.81. The summed E-state index contributed by atoms with van der Waals surface area (Å²) in [6.07, 6.45) is 4.19. The number of ether oxygens (including phenoxy) is 1. The highest BCUT2D eigenvalue weighted by Gasteiger charge is 2.37. The largest absolute Gasteiger partial charge is 0.381 e. The number of hydrogen-bond acceptors (Lipinski definition) is 5. The number of methoxy groups -OCH3 is 1. The number of ketones is 1. The van der Waals surface area contributed by atoms with Crippen LogP contribution in [-0.4, -0.2) is 39.7 Å². The predicted octanol–water partition coefficient (Wildman–Crippen LogP) is 2.27. The highest BCUT2D eigenvalue weighted by molar-refractivity contribution is 7.90. The van der Waals surface area contributed by atoms with E-state index < -0.39 is 9.84 Å². The molecule has 0 spiro atoms. The van der Waals surface area contributed by atoms with Crippen molar-refractivity contribution in [3.05, 3.63) is 23.8 Å². The molecule has 1 fully saturated rings. The number of benzene rings is 1. The summed E-state index contributed by atoms with van der Waals surface area (Å²) >= 11 is 0. The number of anilines is 1. The van der Waals surface area contributed by atoms with Gasteiger partial charge >= 0.3 is 0 Å². The van der Waals surface area contributed by atoms with E-state index in [1.54, 1.807) is 19.2 Å². The average Bonchev–Trinajstić information content (AvgIpc) is 2.36. The molecule has 0 bridgehead atoms. The lowest BCUT2D eigenvalue weighted by molar-refractivity contribution is -0.0601. The van der Waals surface area contributed by atoms with E-state index in [9.17, 15) is 13.2 Å². The Morgan fingerprint density at radius 3 is 2.48 bits per heavy atom. The van der Waals surface area contributed by atoms with E-state index in [0.717, 1.165) is 25.5 Å². The molecule has 0 saturated heterocycles. The van der Waals surface area contributed by atoms with Gasteiger partial charge in [-0.2, -0.15) is 0 Å². The van der Waals surface area contributed by atoms with E-state index in [4.69, 9.17) is 4.74 Å². The molecule has 1 saturated carbocycles. The van der Waals surface area contributed by atoms with Crippen LogP contribution in [0.4, 0.5) is 5.69 Å². The van der Waals surface area contributed by atoms with Crippen LogP contribution in [0.25, 0.3) is 0 Å². The highest BCUT2D eigenvalue weighted by Crippen LogP contribution is 2.35. The quantitative estimate of drug-likeness (QED) is 0.816. The van der Waals surface area contributed by atoms with Gasteiger partial charge < -0.3 is 10.1 Å². The number of hydrogen-bond donors (Lipinski definition) is 1. The molecule has 0 radical (unpaired) electrons. The zero-order valence-corrected chi connectivity index (χ0v) is 13.4. The molecule has 1 aromatic rings. The summed E-state index contributed by atoms with van der Waals surface area (Å²) in [5.41, 5.74) is 0.736. The van der Waals surface area contributed by atoms with Crippen molar-refractivity contribution in [3.8, 4) is 0 Å². The van der Waals surface area contributed by atoms with E-state index in [2.05, 4.69) is 5.32 Å². The standard InChI is InChI=1S/C15H21NO4S/c1-11(17)12-5-6-14(21(3,18)19)13(9-12)16-10-15(20-2)7-4-8-15/h5-6,9,16H,4,7-8,10H2,1-3H3. The average molecular weight is 311 g/mol. The van der Waals surface area contributed by atoms with E-state index in [0.29, 0.717) is 17.8 Å². The van der Waals surface area contributed by atoms with Crippen LogP contribution in [0.2, 0.25) is 0 Å². The first-order chi connectivity index (χ1) is 9.77. The van der Waals surface area contributed by atoms with Crippen LogP contribution in [-0.2, 0) is 14.6 Å². The lowest BCUT2D eigenvalue weighted by Crippen LogP contribution is -2.45. The van der Waals surface area contributed by atoms with Gasteiger partial charge in [-0.25, -0.2) is 8.42 Å². The Kier molecular flexibility index (Phi) is 4.39. The number of nitrogens with one attached hydrogen (secondary N) is 1. The highest BCUT2D eigenvalue weighted by atomic mass is 32.2. The van der Waals surface area contributed by atoms with Gasteiger partial charge in [0.15, 0.2) is 15.6 Å². The van der Waals surface area contributed by atoms with E-state index in [1.165, 1.54) is 13.0 Å². The summed E-state index contributed by atoms with van der Waals surface area (Å²) in [5, 5.41) is 3.15. The molecule has 21 heavy (non-hydrogen) atoms. The fourth-order valence-corrected chi connectivity index (χ4v) is 3.34. The van der Waals surface area contributed by atoms with Crippen molar-refractivity contribution in [1.29, 1.82) is 0 Å². The second kappa shape index (κ2) is 5.77. The Balaban J connectivity index is 2.30. The summed E-state index contributed by atoms with van der Waals surface area (Å²) in [6.45, 7) is 2.00. The molecule has 0 unspecified atom stereocenters. The Hall–Kier alpha value is -1.40. The second-order valence-electron chi connectivity index (χ2n) is 5.63. The molecule has 0 heterocycles. The molecule has 0 amide bonds. The number of carbonyl (C=O) groups is 1. The van der Waals surface area contributed by atoms with Crippen LogP contribution in [0, 0.1) is 0 Å². The Bertz CT molecular complexity index is 642. The van der Waals surface area contributed by atoms with E-state index in [-0.39, 0.29) is 16.3 Å². The van der Waals surface area contributed by atoms with Gasteiger partial charge in [0.25, 0.3) is 0 Å². The first-order valence-electron chi connectivity index (χ1n) is 6.91. The van der Waals surface area contributed by atoms with Gasteiger partial charge in [0.1, 0.15) is 0 Å². The van der Waals surface area contributed by atoms with Gasteiger partial charge in [-0.05, 0) is 44.4 Å². The van der Waals surface area contributed by atoms with Gasteiger partial charge in [0.2, 0.25) is 0 Å². The third-order valence-electron chi connectivity index (χ3n) is 4.08. The molecule has 0 aliphatic heterocycles. The molecule has 116 valence electrons. The Morgan fingerprint density at radius 1 is 1.38 bits per heavy atom. The van der Waals surface area contributed by atoms with Gasteiger partial charge in [-0.15, -0.1) is 0 Å². The van der Waals surface area contributed by atoms with Crippen LogP contribution < -0.4 is 5.32 Å². The van der Waals surface area contributed by atoms with Crippen molar-refractivity contribution in [1.82, 2.24) is 0 Å². The van der Waals surface area contributed by atoms with Crippen LogP contribution >= 0.6 is 0 Å². The summed E-state index contributed by atoms with van der Waals surface area (Å²) in [7, 11) is -1.68. The molecular formula is C15H21NO4S. The predicted molar refractivity (Wildman–Crippen MR) is 81.6 cm³/mol. The van der Waals surface area contributed by atoms with Crippen molar-refractivity contribution in [2.24, 2.45) is 0 Å². The van der Waals surface area contributed by atoms with Gasteiger partial charge in [0, 0.05) is 25.5 Å². The zero-order chi connectivity index (χ0) is 15.7.